The van der Waals surface area contributed by atoms with Gasteiger partial charge in [0, 0.05) is 30.1 Å². The first-order valence-electron chi connectivity index (χ1n) is 9.11. The molecule has 1 aliphatic carbocycles. The first-order valence-corrected chi connectivity index (χ1v) is 9.99. The van der Waals surface area contributed by atoms with Crippen molar-refractivity contribution < 1.29 is 9.59 Å². The Labute approximate surface area is 147 Å². The molecule has 0 spiro atoms. The maximum absolute atomic E-state index is 12.5. The summed E-state index contributed by atoms with van der Waals surface area (Å²) in [4.78, 5) is 31.2. The summed E-state index contributed by atoms with van der Waals surface area (Å²) in [6, 6.07) is 0.345. The highest BCUT2D eigenvalue weighted by molar-refractivity contribution is 7.09. The fraction of sp³-hybridized carbons (Fsp3) is 0.722. The van der Waals surface area contributed by atoms with Crippen LogP contribution in [0, 0.1) is 12.8 Å². The second-order valence-electron chi connectivity index (χ2n) is 7.03. The number of aryl methyl sites for hydroxylation is 1. The molecule has 1 aromatic rings. The number of aromatic nitrogens is 1. The molecular formula is C18H27N3O2S. The summed E-state index contributed by atoms with van der Waals surface area (Å²) in [6.07, 6.45) is 8.32. The molecule has 0 bridgehead atoms. The zero-order chi connectivity index (χ0) is 16.9. The van der Waals surface area contributed by atoms with Gasteiger partial charge in [-0.1, -0.05) is 25.7 Å². The van der Waals surface area contributed by atoms with E-state index in [1.54, 1.807) is 11.3 Å². The molecule has 2 heterocycles. The summed E-state index contributed by atoms with van der Waals surface area (Å²) in [6.45, 7) is 3.04. The normalized spacial score (nSPS) is 23.1. The van der Waals surface area contributed by atoms with Gasteiger partial charge in [-0.05, 0) is 26.2 Å². The fourth-order valence-electron chi connectivity index (χ4n) is 3.80. The maximum atomic E-state index is 12.5. The largest absolute Gasteiger partial charge is 0.349 e. The van der Waals surface area contributed by atoms with Gasteiger partial charge in [0.05, 0.1) is 12.5 Å². The molecule has 0 unspecified atom stereocenters. The molecule has 1 aromatic heterocycles. The summed E-state index contributed by atoms with van der Waals surface area (Å²) in [5.74, 6) is 0.225. The number of carbonyl (C=O) groups is 2. The van der Waals surface area contributed by atoms with Crippen LogP contribution in [-0.4, -0.2) is 34.3 Å². The number of amides is 2. The van der Waals surface area contributed by atoms with Crippen LogP contribution >= 0.6 is 11.3 Å². The quantitative estimate of drug-likeness (QED) is 0.850. The molecule has 2 amide bonds. The van der Waals surface area contributed by atoms with Gasteiger partial charge in [0.15, 0.2) is 0 Å². The molecular weight excluding hydrogens is 322 g/mol. The SMILES string of the molecule is Cc1csc(CNC(=O)[C@@H]2CCC(=O)N(C3CCCCCC3)C2)n1. The van der Waals surface area contributed by atoms with E-state index in [0.717, 1.165) is 23.5 Å². The minimum absolute atomic E-state index is 0.0639. The van der Waals surface area contributed by atoms with E-state index >= 15 is 0 Å². The average molecular weight is 350 g/mol. The van der Waals surface area contributed by atoms with Crippen LogP contribution in [0.4, 0.5) is 0 Å². The topological polar surface area (TPSA) is 62.3 Å². The zero-order valence-corrected chi connectivity index (χ0v) is 15.2. The minimum atomic E-state index is -0.0768. The highest BCUT2D eigenvalue weighted by atomic mass is 32.1. The van der Waals surface area contributed by atoms with E-state index in [4.69, 9.17) is 0 Å². The van der Waals surface area contributed by atoms with Gasteiger partial charge in [-0.15, -0.1) is 11.3 Å². The summed E-state index contributed by atoms with van der Waals surface area (Å²) >= 11 is 1.57. The number of nitrogens with one attached hydrogen (secondary N) is 1. The fourth-order valence-corrected chi connectivity index (χ4v) is 4.51. The van der Waals surface area contributed by atoms with E-state index < -0.39 is 0 Å². The summed E-state index contributed by atoms with van der Waals surface area (Å²) in [5, 5.41) is 5.94. The lowest BCUT2D eigenvalue weighted by Crippen LogP contribution is -2.49. The number of nitrogens with zero attached hydrogens (tertiary/aromatic N) is 2. The van der Waals surface area contributed by atoms with Crippen LogP contribution in [0.15, 0.2) is 5.38 Å². The number of hydrogen-bond donors (Lipinski definition) is 1. The van der Waals surface area contributed by atoms with E-state index in [0.29, 0.717) is 32.0 Å². The Morgan fingerprint density at radius 3 is 2.71 bits per heavy atom. The first-order chi connectivity index (χ1) is 11.6. The first kappa shape index (κ1) is 17.4. The van der Waals surface area contributed by atoms with Crippen molar-refractivity contribution in [3.05, 3.63) is 16.1 Å². The van der Waals surface area contributed by atoms with E-state index in [2.05, 4.69) is 10.3 Å². The van der Waals surface area contributed by atoms with Crippen LogP contribution in [0.1, 0.15) is 62.1 Å². The zero-order valence-electron chi connectivity index (χ0n) is 14.4. The lowest BCUT2D eigenvalue weighted by molar-refractivity contribution is -0.141. The van der Waals surface area contributed by atoms with E-state index in [1.165, 1.54) is 25.7 Å². The van der Waals surface area contributed by atoms with Crippen molar-refractivity contribution in [2.75, 3.05) is 6.54 Å². The van der Waals surface area contributed by atoms with Gasteiger partial charge in [0.25, 0.3) is 0 Å². The Hall–Kier alpha value is -1.43. The van der Waals surface area contributed by atoms with Crippen LogP contribution in [0.2, 0.25) is 0 Å². The van der Waals surface area contributed by atoms with Crippen molar-refractivity contribution in [3.63, 3.8) is 0 Å². The van der Waals surface area contributed by atoms with Crippen LogP contribution in [-0.2, 0) is 16.1 Å². The van der Waals surface area contributed by atoms with Crippen molar-refractivity contribution in [1.82, 2.24) is 15.2 Å². The molecule has 132 valence electrons. The minimum Gasteiger partial charge on any atom is -0.349 e. The molecule has 5 nitrogen and oxygen atoms in total. The number of hydrogen-bond acceptors (Lipinski definition) is 4. The van der Waals surface area contributed by atoms with Crippen LogP contribution < -0.4 is 5.32 Å². The average Bonchev–Trinajstić information content (AvgIpc) is 2.83. The number of piperidine rings is 1. The lowest BCUT2D eigenvalue weighted by atomic mass is 9.93. The second-order valence-corrected chi connectivity index (χ2v) is 7.97. The second kappa shape index (κ2) is 8.10. The van der Waals surface area contributed by atoms with Crippen LogP contribution in [0.25, 0.3) is 0 Å². The van der Waals surface area contributed by atoms with Crippen molar-refractivity contribution in [2.45, 2.75) is 70.9 Å². The molecule has 1 aliphatic heterocycles. The third-order valence-electron chi connectivity index (χ3n) is 5.16. The molecule has 24 heavy (non-hydrogen) atoms. The molecule has 3 rings (SSSR count). The van der Waals surface area contributed by atoms with Gasteiger partial charge in [-0.2, -0.15) is 0 Å². The third kappa shape index (κ3) is 4.35. The molecule has 0 radical (unpaired) electrons. The molecule has 1 saturated carbocycles. The van der Waals surface area contributed by atoms with Gasteiger partial charge in [-0.3, -0.25) is 9.59 Å². The maximum Gasteiger partial charge on any atom is 0.225 e. The number of thiazole rings is 1. The van der Waals surface area contributed by atoms with Gasteiger partial charge in [0.2, 0.25) is 11.8 Å². The predicted molar refractivity (Wildman–Crippen MR) is 94.6 cm³/mol. The third-order valence-corrected chi connectivity index (χ3v) is 6.13. The van der Waals surface area contributed by atoms with E-state index in [1.807, 2.05) is 17.2 Å². The molecule has 1 saturated heterocycles. The highest BCUT2D eigenvalue weighted by Crippen LogP contribution is 2.27. The number of likely N-dealkylation sites (tertiary alicyclic amines) is 1. The molecule has 1 atom stereocenters. The Bertz CT molecular complexity index is 579. The van der Waals surface area contributed by atoms with Crippen molar-refractivity contribution in [1.29, 1.82) is 0 Å². The van der Waals surface area contributed by atoms with E-state index in [9.17, 15) is 9.59 Å². The van der Waals surface area contributed by atoms with Crippen molar-refractivity contribution >= 4 is 23.2 Å². The Balaban J connectivity index is 1.55. The van der Waals surface area contributed by atoms with Crippen molar-refractivity contribution in [2.24, 2.45) is 5.92 Å². The number of rotatable bonds is 4. The lowest BCUT2D eigenvalue weighted by Gasteiger charge is -2.37. The van der Waals surface area contributed by atoms with Gasteiger partial charge < -0.3 is 10.2 Å². The molecule has 0 aromatic carbocycles. The Kier molecular flexibility index (Phi) is 5.87. The van der Waals surface area contributed by atoms with E-state index in [-0.39, 0.29) is 17.7 Å². The molecule has 1 N–H and O–H groups in total. The van der Waals surface area contributed by atoms with Crippen molar-refractivity contribution in [3.8, 4) is 0 Å². The highest BCUT2D eigenvalue weighted by Gasteiger charge is 2.34. The predicted octanol–water partition coefficient (Wildman–Crippen LogP) is 3.03. The summed E-state index contributed by atoms with van der Waals surface area (Å²) < 4.78 is 0. The summed E-state index contributed by atoms with van der Waals surface area (Å²) in [5.41, 5.74) is 0.993. The molecule has 2 aliphatic rings. The Morgan fingerprint density at radius 2 is 2.04 bits per heavy atom. The van der Waals surface area contributed by atoms with Crippen LogP contribution in [0.3, 0.4) is 0 Å². The Morgan fingerprint density at radius 1 is 1.29 bits per heavy atom. The molecule has 2 fully saturated rings. The number of carbonyl (C=O) groups excluding carboxylic acids is 2. The van der Waals surface area contributed by atoms with Gasteiger partial charge in [-0.25, -0.2) is 4.98 Å². The van der Waals surface area contributed by atoms with Gasteiger partial charge >= 0.3 is 0 Å². The monoisotopic (exact) mass is 349 g/mol. The smallest absolute Gasteiger partial charge is 0.225 e. The molecule has 6 heteroatoms. The summed E-state index contributed by atoms with van der Waals surface area (Å²) in [7, 11) is 0. The standard InChI is InChI=1S/C18H27N3O2S/c1-13-12-24-16(20-13)10-19-18(23)14-8-9-17(22)21(11-14)15-6-4-2-3-5-7-15/h12,14-15H,2-11H2,1H3,(H,19,23)/t14-/m1/s1. The van der Waals surface area contributed by atoms with Gasteiger partial charge in [0.1, 0.15) is 5.01 Å². The van der Waals surface area contributed by atoms with Crippen LogP contribution in [0.5, 0.6) is 0 Å².